The molecule has 1 N–H and O–H groups in total. The van der Waals surface area contributed by atoms with Gasteiger partial charge in [0.1, 0.15) is 0 Å². The highest BCUT2D eigenvalue weighted by molar-refractivity contribution is 5.87. The Hall–Kier alpha value is -2.05. The molecule has 7 heteroatoms. The molecule has 20 heavy (non-hydrogen) atoms. The zero-order valence-electron chi connectivity index (χ0n) is 11.8. The molecule has 1 aliphatic rings. The molecule has 7 nitrogen and oxygen atoms in total. The molecule has 2 rings (SSSR count). The van der Waals surface area contributed by atoms with Crippen molar-refractivity contribution in [2.24, 2.45) is 7.05 Å². The van der Waals surface area contributed by atoms with E-state index in [0.29, 0.717) is 26.1 Å². The van der Waals surface area contributed by atoms with Crippen molar-refractivity contribution >= 4 is 12.1 Å². The first-order valence-electron chi connectivity index (χ1n) is 6.74. The number of nitrogens with zero attached hydrogens (tertiary/aromatic N) is 3. The van der Waals surface area contributed by atoms with Gasteiger partial charge >= 0.3 is 12.1 Å². The number of aryl methyl sites for hydroxylation is 1. The summed E-state index contributed by atoms with van der Waals surface area (Å²) in [5, 5.41) is 13.1. The molecule has 0 unspecified atom stereocenters. The van der Waals surface area contributed by atoms with E-state index in [1.807, 2.05) is 6.92 Å². The number of carbonyl (C=O) groups is 2. The second kappa shape index (κ2) is 5.94. The molecule has 0 radical (unpaired) electrons. The Bertz CT molecular complexity index is 524. The molecule has 1 aromatic heterocycles. The van der Waals surface area contributed by atoms with Gasteiger partial charge in [-0.25, -0.2) is 9.59 Å². The van der Waals surface area contributed by atoms with Crippen molar-refractivity contribution in [3.05, 3.63) is 17.0 Å². The van der Waals surface area contributed by atoms with Crippen LogP contribution in [0.3, 0.4) is 0 Å². The van der Waals surface area contributed by atoms with Crippen LogP contribution in [0.1, 0.15) is 41.5 Å². The van der Waals surface area contributed by atoms with Gasteiger partial charge in [0, 0.05) is 19.2 Å². The fraction of sp³-hybridized carbons (Fsp3) is 0.615. The van der Waals surface area contributed by atoms with E-state index < -0.39 is 5.97 Å². The molecule has 0 bridgehead atoms. The monoisotopic (exact) mass is 281 g/mol. The largest absolute Gasteiger partial charge is 0.476 e. The topological polar surface area (TPSA) is 84.7 Å². The van der Waals surface area contributed by atoms with Gasteiger partial charge in [0.25, 0.3) is 0 Å². The van der Waals surface area contributed by atoms with Gasteiger partial charge in [0.2, 0.25) is 0 Å². The van der Waals surface area contributed by atoms with Gasteiger partial charge in [-0.3, -0.25) is 4.68 Å². The molecule has 1 aromatic rings. The molecule has 0 aliphatic carbocycles. The van der Waals surface area contributed by atoms with Crippen LogP contribution in [0.5, 0.6) is 0 Å². The summed E-state index contributed by atoms with van der Waals surface area (Å²) in [4.78, 5) is 24.6. The van der Waals surface area contributed by atoms with Crippen molar-refractivity contribution in [1.29, 1.82) is 0 Å². The lowest BCUT2D eigenvalue weighted by Crippen LogP contribution is -2.37. The third-order valence-corrected chi connectivity index (χ3v) is 3.43. The van der Waals surface area contributed by atoms with E-state index in [2.05, 4.69) is 5.10 Å². The van der Waals surface area contributed by atoms with Crippen LogP contribution < -0.4 is 0 Å². The van der Waals surface area contributed by atoms with E-state index in [9.17, 15) is 9.59 Å². The Kier molecular flexibility index (Phi) is 4.26. The molecule has 2 heterocycles. The quantitative estimate of drug-likeness (QED) is 0.843. The molecule has 1 aliphatic heterocycles. The molecular weight excluding hydrogens is 262 g/mol. The summed E-state index contributed by atoms with van der Waals surface area (Å²) in [5.74, 6) is -1.03. The highest BCUT2D eigenvalue weighted by atomic mass is 16.6. The fourth-order valence-electron chi connectivity index (χ4n) is 2.29. The van der Waals surface area contributed by atoms with E-state index in [1.54, 1.807) is 11.9 Å². The fourth-order valence-corrected chi connectivity index (χ4v) is 2.29. The van der Waals surface area contributed by atoms with E-state index in [4.69, 9.17) is 9.84 Å². The summed E-state index contributed by atoms with van der Waals surface area (Å²) in [5.41, 5.74) is 1.57. The van der Waals surface area contributed by atoms with E-state index >= 15 is 0 Å². The number of aromatic nitrogens is 2. The SMILES string of the molecule is CCCCOC(=O)N1CCc2c(C(=O)O)nn(C)c2C1. The highest BCUT2D eigenvalue weighted by Crippen LogP contribution is 2.22. The van der Waals surface area contributed by atoms with Crippen LogP contribution in [0.15, 0.2) is 0 Å². The molecule has 0 fully saturated rings. The predicted molar refractivity (Wildman–Crippen MR) is 70.5 cm³/mol. The number of ether oxygens (including phenoxy) is 1. The zero-order valence-corrected chi connectivity index (χ0v) is 11.8. The van der Waals surface area contributed by atoms with Crippen LogP contribution >= 0.6 is 0 Å². The number of aromatic carboxylic acids is 1. The lowest BCUT2D eigenvalue weighted by molar-refractivity contribution is 0.0688. The number of unbranched alkanes of at least 4 members (excludes halogenated alkanes) is 1. The molecule has 0 atom stereocenters. The zero-order chi connectivity index (χ0) is 14.7. The third-order valence-electron chi connectivity index (χ3n) is 3.43. The maximum atomic E-state index is 11.9. The van der Waals surface area contributed by atoms with Gasteiger partial charge in [-0.1, -0.05) is 13.3 Å². The molecular formula is C13H19N3O4. The number of hydrogen-bond acceptors (Lipinski definition) is 4. The van der Waals surface area contributed by atoms with Crippen LogP contribution in [0.2, 0.25) is 0 Å². The molecule has 0 saturated carbocycles. The van der Waals surface area contributed by atoms with Gasteiger partial charge in [-0.15, -0.1) is 0 Å². The van der Waals surface area contributed by atoms with Crippen molar-refractivity contribution in [2.75, 3.05) is 13.2 Å². The molecule has 110 valence electrons. The summed E-state index contributed by atoms with van der Waals surface area (Å²) in [7, 11) is 1.69. The Morgan fingerprint density at radius 1 is 1.45 bits per heavy atom. The van der Waals surface area contributed by atoms with Crippen molar-refractivity contribution in [1.82, 2.24) is 14.7 Å². The molecule has 0 aromatic carbocycles. The molecule has 1 amide bonds. The smallest absolute Gasteiger partial charge is 0.410 e. The number of rotatable bonds is 4. The van der Waals surface area contributed by atoms with Crippen molar-refractivity contribution in [3.63, 3.8) is 0 Å². The minimum absolute atomic E-state index is 0.0847. The van der Waals surface area contributed by atoms with Crippen molar-refractivity contribution < 1.29 is 19.4 Å². The maximum absolute atomic E-state index is 11.9. The normalized spacial score (nSPS) is 14.0. The second-order valence-electron chi connectivity index (χ2n) is 4.84. The van der Waals surface area contributed by atoms with Crippen LogP contribution in [0.25, 0.3) is 0 Å². The summed E-state index contributed by atoms with van der Waals surface area (Å²) < 4.78 is 6.70. The van der Waals surface area contributed by atoms with Gasteiger partial charge in [0.15, 0.2) is 5.69 Å². The number of carboxylic acid groups (broad SMARTS) is 1. The Morgan fingerprint density at radius 3 is 2.85 bits per heavy atom. The maximum Gasteiger partial charge on any atom is 0.410 e. The number of amides is 1. The van der Waals surface area contributed by atoms with Gasteiger partial charge in [-0.2, -0.15) is 5.10 Å². The molecule has 0 saturated heterocycles. The summed E-state index contributed by atoms with van der Waals surface area (Å²) in [6.45, 7) is 3.26. The predicted octanol–water partition coefficient (Wildman–Crippen LogP) is 1.41. The van der Waals surface area contributed by atoms with E-state index in [0.717, 1.165) is 24.1 Å². The number of carbonyl (C=O) groups excluding carboxylic acids is 1. The lowest BCUT2D eigenvalue weighted by Gasteiger charge is -2.26. The highest BCUT2D eigenvalue weighted by Gasteiger charge is 2.29. The standard InChI is InChI=1S/C13H19N3O4/c1-3-4-7-20-13(19)16-6-5-9-10(8-16)15(2)14-11(9)12(17)18/h3-8H2,1-2H3,(H,17,18). The first-order valence-corrected chi connectivity index (χ1v) is 6.74. The van der Waals surface area contributed by atoms with Crippen LogP contribution in [-0.4, -0.2) is 45.0 Å². The summed E-state index contributed by atoms with van der Waals surface area (Å²) in [6.07, 6.45) is 1.97. The van der Waals surface area contributed by atoms with Crippen LogP contribution in [-0.2, 0) is 24.8 Å². The van der Waals surface area contributed by atoms with Gasteiger partial charge in [-0.05, 0) is 12.8 Å². The summed E-state index contributed by atoms with van der Waals surface area (Å²) in [6, 6.07) is 0. The Morgan fingerprint density at radius 2 is 2.20 bits per heavy atom. The number of hydrogen-bond donors (Lipinski definition) is 1. The summed E-state index contributed by atoms with van der Waals surface area (Å²) >= 11 is 0. The molecule has 0 spiro atoms. The Balaban J connectivity index is 2.07. The Labute approximate surface area is 117 Å². The van der Waals surface area contributed by atoms with Crippen LogP contribution in [0.4, 0.5) is 4.79 Å². The third kappa shape index (κ3) is 2.76. The second-order valence-corrected chi connectivity index (χ2v) is 4.84. The van der Waals surface area contributed by atoms with Crippen molar-refractivity contribution in [3.8, 4) is 0 Å². The first kappa shape index (κ1) is 14.4. The average molecular weight is 281 g/mol. The average Bonchev–Trinajstić information content (AvgIpc) is 2.76. The number of carboxylic acids is 1. The van der Waals surface area contributed by atoms with Crippen molar-refractivity contribution in [2.45, 2.75) is 32.7 Å². The van der Waals surface area contributed by atoms with Crippen LogP contribution in [0, 0.1) is 0 Å². The lowest BCUT2D eigenvalue weighted by atomic mass is 10.0. The number of fused-ring (bicyclic) bond motifs is 1. The first-order chi connectivity index (χ1) is 9.54. The van der Waals surface area contributed by atoms with Gasteiger partial charge in [0.05, 0.1) is 18.8 Å². The van der Waals surface area contributed by atoms with E-state index in [-0.39, 0.29) is 11.8 Å². The van der Waals surface area contributed by atoms with E-state index in [1.165, 1.54) is 4.68 Å². The van der Waals surface area contributed by atoms with Gasteiger partial charge < -0.3 is 14.7 Å². The minimum Gasteiger partial charge on any atom is -0.476 e. The minimum atomic E-state index is -1.03.